The Hall–Kier alpha value is -1.09. The van der Waals surface area contributed by atoms with Crippen molar-refractivity contribution in [3.05, 3.63) is 29.3 Å². The molecule has 0 aromatic heterocycles. The Morgan fingerprint density at radius 2 is 1.89 bits per heavy atom. The van der Waals surface area contributed by atoms with Gasteiger partial charge in [-0.2, -0.15) is 0 Å². The van der Waals surface area contributed by atoms with E-state index < -0.39 is 9.04 Å². The van der Waals surface area contributed by atoms with E-state index in [0.29, 0.717) is 6.42 Å². The van der Waals surface area contributed by atoms with Crippen LogP contribution >= 0.6 is 0 Å². The van der Waals surface area contributed by atoms with Crippen LogP contribution in [-0.4, -0.2) is 14.8 Å². The molecule has 1 rings (SSSR count). The number of benzene rings is 1. The zero-order valence-corrected chi connectivity index (χ0v) is 13.5. The summed E-state index contributed by atoms with van der Waals surface area (Å²) < 4.78 is 6.04. The van der Waals surface area contributed by atoms with Crippen LogP contribution in [0.1, 0.15) is 50.0 Å². The summed E-state index contributed by atoms with van der Waals surface area (Å²) >= 11 is 0. The smallest absolute Gasteiger partial charge is 0.229 e. The summed E-state index contributed by atoms with van der Waals surface area (Å²) in [5.41, 5.74) is 1.86. The van der Waals surface area contributed by atoms with Gasteiger partial charge in [0, 0.05) is 6.42 Å². The summed E-state index contributed by atoms with van der Waals surface area (Å²) in [5.74, 6) is 0.976. The first kappa shape index (κ1) is 15.0. The number of Topliss-reactive ketones (excluding diaryl/α,β-unsaturated/α-hetero) is 1. The largest absolute Gasteiger partial charge is 0.546 e. The maximum atomic E-state index is 12.0. The van der Waals surface area contributed by atoms with E-state index in [1.54, 1.807) is 0 Å². The number of ketones is 1. The van der Waals surface area contributed by atoms with Crippen molar-refractivity contribution in [2.45, 2.75) is 52.6 Å². The van der Waals surface area contributed by atoms with E-state index in [0.717, 1.165) is 16.9 Å². The molecule has 0 atom stereocenters. The average Bonchev–Trinajstić information content (AvgIpc) is 2.26. The molecule has 1 aromatic carbocycles. The molecule has 0 saturated carbocycles. The van der Waals surface area contributed by atoms with Crippen molar-refractivity contribution in [3.63, 3.8) is 0 Å². The third-order valence-corrected chi connectivity index (χ3v) is 3.51. The van der Waals surface area contributed by atoms with Crippen molar-refractivity contribution in [2.75, 3.05) is 0 Å². The second-order valence-electron chi connectivity index (χ2n) is 5.88. The predicted molar refractivity (Wildman–Crippen MR) is 79.3 cm³/mol. The van der Waals surface area contributed by atoms with Gasteiger partial charge < -0.3 is 4.43 Å². The zero-order chi connectivity index (χ0) is 13.9. The van der Waals surface area contributed by atoms with Crippen LogP contribution in [0, 0.1) is 0 Å². The predicted octanol–water partition coefficient (Wildman–Crippen LogP) is 3.94. The molecule has 0 heterocycles. The van der Waals surface area contributed by atoms with Gasteiger partial charge in [-0.05, 0) is 30.1 Å². The molecule has 2 nitrogen and oxygen atoms in total. The Morgan fingerprint density at radius 1 is 1.28 bits per heavy atom. The van der Waals surface area contributed by atoms with E-state index in [4.69, 9.17) is 4.43 Å². The lowest BCUT2D eigenvalue weighted by atomic mass is 9.84. The van der Waals surface area contributed by atoms with Crippen molar-refractivity contribution in [3.8, 4) is 5.75 Å². The summed E-state index contributed by atoms with van der Waals surface area (Å²) in [7, 11) is -1.23. The summed E-state index contributed by atoms with van der Waals surface area (Å²) in [6, 6.07) is 5.91. The van der Waals surface area contributed by atoms with Gasteiger partial charge in [0.15, 0.2) is 5.78 Å². The Bertz CT molecular complexity index is 431. The maximum absolute atomic E-state index is 12.0. The molecule has 0 N–H and O–H groups in total. The fraction of sp³-hybridized carbons (Fsp3) is 0.533. The van der Waals surface area contributed by atoms with E-state index in [1.807, 2.05) is 19.1 Å². The molecule has 0 aliphatic rings. The number of carbonyl (C=O) groups excluding carboxylic acids is 1. The Kier molecular flexibility index (Phi) is 4.74. The van der Waals surface area contributed by atoms with Crippen LogP contribution < -0.4 is 4.43 Å². The van der Waals surface area contributed by atoms with Gasteiger partial charge >= 0.3 is 0 Å². The van der Waals surface area contributed by atoms with Gasteiger partial charge in [0.2, 0.25) is 9.04 Å². The summed E-state index contributed by atoms with van der Waals surface area (Å²) in [4.78, 5) is 12.0. The van der Waals surface area contributed by atoms with E-state index in [2.05, 4.69) is 39.9 Å². The second-order valence-corrected chi connectivity index (χ2v) is 8.21. The molecule has 100 valence electrons. The van der Waals surface area contributed by atoms with Crippen LogP contribution in [0.5, 0.6) is 5.75 Å². The zero-order valence-electron chi connectivity index (χ0n) is 12.3. The van der Waals surface area contributed by atoms with E-state index in [-0.39, 0.29) is 11.2 Å². The van der Waals surface area contributed by atoms with Gasteiger partial charge in [-0.25, -0.2) is 0 Å². The minimum absolute atomic E-state index is 0.0113. The van der Waals surface area contributed by atoms with Crippen molar-refractivity contribution >= 4 is 14.8 Å². The highest BCUT2D eigenvalue weighted by molar-refractivity contribution is 6.49. The second kappa shape index (κ2) is 5.70. The average molecular weight is 264 g/mol. The van der Waals surface area contributed by atoms with Gasteiger partial charge in [0.1, 0.15) is 5.75 Å². The highest BCUT2D eigenvalue weighted by Gasteiger charge is 2.23. The van der Waals surface area contributed by atoms with Gasteiger partial charge in [0.05, 0.1) is 5.56 Å². The van der Waals surface area contributed by atoms with Crippen molar-refractivity contribution in [1.82, 2.24) is 0 Å². The van der Waals surface area contributed by atoms with Crippen LogP contribution in [0.4, 0.5) is 0 Å². The number of para-hydroxylation sites is 1. The highest BCUT2D eigenvalue weighted by atomic mass is 28.3. The maximum Gasteiger partial charge on any atom is 0.229 e. The minimum Gasteiger partial charge on any atom is -0.546 e. The van der Waals surface area contributed by atoms with Crippen LogP contribution in [0.2, 0.25) is 13.1 Å². The van der Waals surface area contributed by atoms with Gasteiger partial charge in [0.25, 0.3) is 0 Å². The summed E-state index contributed by atoms with van der Waals surface area (Å²) in [6.07, 6.45) is 0.517. The van der Waals surface area contributed by atoms with Crippen LogP contribution in [0.3, 0.4) is 0 Å². The molecule has 0 aliphatic heterocycles. The quantitative estimate of drug-likeness (QED) is 0.608. The molecule has 0 bridgehead atoms. The van der Waals surface area contributed by atoms with Crippen LogP contribution in [0.15, 0.2) is 18.2 Å². The van der Waals surface area contributed by atoms with E-state index in [9.17, 15) is 4.79 Å². The molecule has 3 heteroatoms. The van der Waals surface area contributed by atoms with E-state index >= 15 is 0 Å². The van der Waals surface area contributed by atoms with Crippen molar-refractivity contribution < 1.29 is 9.22 Å². The monoisotopic (exact) mass is 264 g/mol. The SMILES string of the molecule is CCC(=O)c1cccc(C(C)(C)C)c1O[SiH](C)C. The van der Waals surface area contributed by atoms with E-state index in [1.165, 1.54) is 0 Å². The Morgan fingerprint density at radius 3 is 2.33 bits per heavy atom. The van der Waals surface area contributed by atoms with Crippen LogP contribution in [-0.2, 0) is 5.41 Å². The molecular formula is C15H24O2Si. The number of carbonyl (C=O) groups is 1. The fourth-order valence-electron chi connectivity index (χ4n) is 1.90. The molecule has 0 unspecified atom stereocenters. The van der Waals surface area contributed by atoms with Crippen LogP contribution in [0.25, 0.3) is 0 Å². The molecule has 1 aromatic rings. The fourth-order valence-corrected chi connectivity index (χ4v) is 2.63. The Balaban J connectivity index is 3.39. The standard InChI is InChI=1S/C15H24O2Si/c1-7-13(16)11-9-8-10-12(15(2,3)4)14(11)17-18(5)6/h8-10,18H,7H2,1-6H3. The molecule has 18 heavy (non-hydrogen) atoms. The lowest BCUT2D eigenvalue weighted by Crippen LogP contribution is -2.20. The first-order chi connectivity index (χ1) is 8.27. The van der Waals surface area contributed by atoms with Gasteiger partial charge in [-0.1, -0.05) is 39.8 Å². The van der Waals surface area contributed by atoms with Gasteiger partial charge in [-0.15, -0.1) is 0 Å². The lowest BCUT2D eigenvalue weighted by molar-refractivity contribution is 0.0986. The van der Waals surface area contributed by atoms with Crippen molar-refractivity contribution in [1.29, 1.82) is 0 Å². The first-order valence-electron chi connectivity index (χ1n) is 6.60. The number of rotatable bonds is 4. The molecule has 0 fully saturated rings. The normalized spacial score (nSPS) is 11.7. The third-order valence-electron chi connectivity index (χ3n) is 2.80. The number of hydrogen-bond donors (Lipinski definition) is 0. The molecule has 0 saturated heterocycles. The molecular weight excluding hydrogens is 240 g/mol. The third kappa shape index (κ3) is 3.45. The topological polar surface area (TPSA) is 26.3 Å². The minimum atomic E-state index is -1.23. The summed E-state index contributed by atoms with van der Waals surface area (Å²) in [5, 5.41) is 0. The summed E-state index contributed by atoms with van der Waals surface area (Å²) in [6.45, 7) is 12.6. The Labute approximate surface area is 112 Å². The van der Waals surface area contributed by atoms with Gasteiger partial charge in [-0.3, -0.25) is 4.79 Å². The molecule has 0 amide bonds. The first-order valence-corrected chi connectivity index (χ1v) is 9.38. The lowest BCUT2D eigenvalue weighted by Gasteiger charge is -2.26. The number of hydrogen-bond acceptors (Lipinski definition) is 2. The van der Waals surface area contributed by atoms with Crippen molar-refractivity contribution in [2.24, 2.45) is 0 Å². The molecule has 0 radical (unpaired) electrons. The molecule has 0 spiro atoms. The molecule has 0 aliphatic carbocycles. The highest BCUT2D eigenvalue weighted by Crippen LogP contribution is 2.35.